The van der Waals surface area contributed by atoms with Gasteiger partial charge in [-0.2, -0.15) is 0 Å². The zero-order chi connectivity index (χ0) is 25.1. The topological polar surface area (TPSA) is 70.3 Å². The van der Waals surface area contributed by atoms with Crippen molar-refractivity contribution in [2.45, 2.75) is 38.5 Å². The van der Waals surface area contributed by atoms with Crippen LogP contribution in [0, 0.1) is 0 Å². The van der Waals surface area contributed by atoms with Crippen LogP contribution in [0.4, 0.5) is 5.69 Å². The van der Waals surface area contributed by atoms with Crippen LogP contribution >= 0.6 is 15.9 Å². The van der Waals surface area contributed by atoms with Gasteiger partial charge in [0.1, 0.15) is 0 Å². The van der Waals surface area contributed by atoms with Crippen molar-refractivity contribution in [2.75, 3.05) is 20.0 Å². The number of aromatic nitrogens is 2. The molecule has 4 aromatic rings. The molecular weight excluding hydrogens is 514 g/mol. The normalized spacial score (nSPS) is 13.4. The summed E-state index contributed by atoms with van der Waals surface area (Å²) in [5, 5.41) is 0. The smallest absolute Gasteiger partial charge is 0.213 e. The van der Waals surface area contributed by atoms with E-state index in [1.807, 2.05) is 24.3 Å². The molecule has 36 heavy (non-hydrogen) atoms. The minimum absolute atomic E-state index is 0.618. The van der Waals surface area contributed by atoms with Crippen LogP contribution in [0.2, 0.25) is 0 Å². The zero-order valence-electron chi connectivity index (χ0n) is 20.7. The minimum atomic E-state index is 0.618. The SMILES string of the molecule is COc1cc(-c2ccc3c(c2Br)CCC3)ccn1.COc1cc(-c2ccc3c(c2N)CCC3)ccn1. The summed E-state index contributed by atoms with van der Waals surface area (Å²) in [6.45, 7) is 0. The van der Waals surface area contributed by atoms with Gasteiger partial charge in [-0.15, -0.1) is 0 Å². The number of benzene rings is 2. The Morgan fingerprint density at radius 2 is 1.22 bits per heavy atom. The van der Waals surface area contributed by atoms with Gasteiger partial charge in [-0.3, -0.25) is 0 Å². The van der Waals surface area contributed by atoms with Crippen molar-refractivity contribution in [2.24, 2.45) is 0 Å². The summed E-state index contributed by atoms with van der Waals surface area (Å²) in [6, 6.07) is 16.6. The number of ether oxygens (including phenoxy) is 2. The molecule has 2 aromatic carbocycles. The van der Waals surface area contributed by atoms with E-state index in [4.69, 9.17) is 15.2 Å². The van der Waals surface area contributed by atoms with E-state index < -0.39 is 0 Å². The molecule has 6 heteroatoms. The van der Waals surface area contributed by atoms with Crippen LogP contribution in [-0.4, -0.2) is 24.2 Å². The quantitative estimate of drug-likeness (QED) is 0.285. The average Bonchev–Trinajstić information content (AvgIpc) is 3.60. The molecule has 0 aliphatic heterocycles. The van der Waals surface area contributed by atoms with Crippen molar-refractivity contribution in [3.8, 4) is 34.0 Å². The Morgan fingerprint density at radius 3 is 1.83 bits per heavy atom. The van der Waals surface area contributed by atoms with Crippen LogP contribution in [0.15, 0.2) is 65.4 Å². The number of nitrogen functional groups attached to an aromatic ring is 1. The number of rotatable bonds is 4. The first kappa shape index (κ1) is 24.3. The molecule has 2 aromatic heterocycles. The third-order valence-corrected chi connectivity index (χ3v) is 7.96. The van der Waals surface area contributed by atoms with Crippen LogP contribution in [0.3, 0.4) is 0 Å². The van der Waals surface area contributed by atoms with E-state index in [0.717, 1.165) is 35.2 Å². The number of fused-ring (bicyclic) bond motifs is 2. The second-order valence-electron chi connectivity index (χ2n) is 9.11. The summed E-state index contributed by atoms with van der Waals surface area (Å²) in [4.78, 5) is 8.27. The van der Waals surface area contributed by atoms with Crippen LogP contribution in [0.5, 0.6) is 11.8 Å². The summed E-state index contributed by atoms with van der Waals surface area (Å²) < 4.78 is 11.6. The molecule has 2 aliphatic rings. The Kier molecular flexibility index (Phi) is 7.23. The molecule has 6 rings (SSSR count). The van der Waals surface area contributed by atoms with Gasteiger partial charge in [-0.1, -0.05) is 24.3 Å². The molecule has 184 valence electrons. The summed E-state index contributed by atoms with van der Waals surface area (Å²) in [7, 11) is 3.27. The third-order valence-electron chi connectivity index (χ3n) is 7.05. The van der Waals surface area contributed by atoms with Gasteiger partial charge in [0.25, 0.3) is 0 Å². The molecule has 0 amide bonds. The summed E-state index contributed by atoms with van der Waals surface area (Å²) in [6.07, 6.45) is 10.6. The van der Waals surface area contributed by atoms with Crippen molar-refractivity contribution in [3.63, 3.8) is 0 Å². The van der Waals surface area contributed by atoms with Crippen molar-refractivity contribution in [1.82, 2.24) is 9.97 Å². The van der Waals surface area contributed by atoms with Crippen LogP contribution in [0.1, 0.15) is 35.1 Å². The first-order valence-electron chi connectivity index (χ1n) is 12.3. The van der Waals surface area contributed by atoms with Gasteiger partial charge >= 0.3 is 0 Å². The molecule has 5 nitrogen and oxygen atoms in total. The van der Waals surface area contributed by atoms with E-state index in [1.165, 1.54) is 58.0 Å². The van der Waals surface area contributed by atoms with E-state index in [-0.39, 0.29) is 0 Å². The van der Waals surface area contributed by atoms with Crippen molar-refractivity contribution in [1.29, 1.82) is 0 Å². The Morgan fingerprint density at radius 1 is 0.694 bits per heavy atom. The van der Waals surface area contributed by atoms with E-state index in [0.29, 0.717) is 11.8 Å². The fourth-order valence-electron chi connectivity index (χ4n) is 5.17. The van der Waals surface area contributed by atoms with Gasteiger partial charge < -0.3 is 15.2 Å². The number of nitrogens with two attached hydrogens (primary N) is 1. The van der Waals surface area contributed by atoms with Gasteiger partial charge in [-0.05, 0) is 106 Å². The molecule has 2 N–H and O–H groups in total. The Bertz CT molecular complexity index is 1300. The van der Waals surface area contributed by atoms with Gasteiger partial charge in [-0.25, -0.2) is 9.97 Å². The predicted octanol–water partition coefficient (Wildman–Crippen LogP) is 6.84. The minimum Gasteiger partial charge on any atom is -0.481 e. The zero-order valence-corrected chi connectivity index (χ0v) is 22.3. The lowest BCUT2D eigenvalue weighted by molar-refractivity contribution is 0.398. The maximum Gasteiger partial charge on any atom is 0.213 e. The molecule has 0 saturated carbocycles. The highest BCUT2D eigenvalue weighted by atomic mass is 79.9. The van der Waals surface area contributed by atoms with Gasteiger partial charge in [0, 0.05) is 40.2 Å². The molecule has 0 fully saturated rings. The molecule has 0 saturated heterocycles. The molecule has 2 heterocycles. The van der Waals surface area contributed by atoms with E-state index in [1.54, 1.807) is 26.6 Å². The first-order chi connectivity index (χ1) is 17.6. The van der Waals surface area contributed by atoms with Gasteiger partial charge in [0.05, 0.1) is 14.2 Å². The van der Waals surface area contributed by atoms with Crippen molar-refractivity contribution >= 4 is 21.6 Å². The van der Waals surface area contributed by atoms with E-state index in [2.05, 4.69) is 50.2 Å². The standard InChI is InChI=1S/C15H14BrNO.C15H16N2O/c2*1-18-14-9-11(7-8-17-14)13-6-5-10-3-2-4-12(10)15(13)16/h5-9H,2-4H2,1H3;5-9H,2-4,16H2,1H3. The summed E-state index contributed by atoms with van der Waals surface area (Å²) in [5.41, 5.74) is 17.4. The highest BCUT2D eigenvalue weighted by molar-refractivity contribution is 9.10. The first-order valence-corrected chi connectivity index (χ1v) is 13.1. The number of nitrogens with zero attached hydrogens (tertiary/aromatic N) is 2. The van der Waals surface area contributed by atoms with Crippen molar-refractivity contribution in [3.05, 3.63) is 87.7 Å². The number of methoxy groups -OCH3 is 2. The fourth-order valence-corrected chi connectivity index (χ4v) is 5.98. The lowest BCUT2D eigenvalue weighted by atomic mass is 9.98. The second-order valence-corrected chi connectivity index (χ2v) is 9.90. The molecule has 0 bridgehead atoms. The number of halogens is 1. The number of aryl methyl sites for hydroxylation is 2. The monoisotopic (exact) mass is 543 g/mol. The number of anilines is 1. The molecule has 2 aliphatic carbocycles. The number of pyridine rings is 2. The summed E-state index contributed by atoms with van der Waals surface area (Å²) >= 11 is 3.75. The Hall–Kier alpha value is -3.38. The van der Waals surface area contributed by atoms with E-state index in [9.17, 15) is 0 Å². The summed E-state index contributed by atoms with van der Waals surface area (Å²) in [5.74, 6) is 1.27. The maximum absolute atomic E-state index is 6.30. The lowest BCUT2D eigenvalue weighted by Crippen LogP contribution is -1.97. The van der Waals surface area contributed by atoms with Gasteiger partial charge in [0.15, 0.2) is 0 Å². The van der Waals surface area contributed by atoms with E-state index >= 15 is 0 Å². The fraction of sp³-hybridized carbons (Fsp3) is 0.267. The van der Waals surface area contributed by atoms with Crippen LogP contribution in [0.25, 0.3) is 22.3 Å². The molecular formula is C30H30BrN3O2. The molecule has 0 spiro atoms. The predicted molar refractivity (Wildman–Crippen MR) is 149 cm³/mol. The maximum atomic E-state index is 6.30. The van der Waals surface area contributed by atoms with Crippen LogP contribution in [-0.2, 0) is 25.7 Å². The highest BCUT2D eigenvalue weighted by Gasteiger charge is 2.18. The Labute approximate surface area is 220 Å². The largest absolute Gasteiger partial charge is 0.481 e. The lowest BCUT2D eigenvalue weighted by Gasteiger charge is -2.11. The average molecular weight is 544 g/mol. The molecule has 0 radical (unpaired) electrons. The highest BCUT2D eigenvalue weighted by Crippen LogP contribution is 2.38. The van der Waals surface area contributed by atoms with Crippen molar-refractivity contribution < 1.29 is 9.47 Å². The number of hydrogen-bond acceptors (Lipinski definition) is 5. The third kappa shape index (κ3) is 4.82. The van der Waals surface area contributed by atoms with Gasteiger partial charge in [0.2, 0.25) is 11.8 Å². The number of hydrogen-bond donors (Lipinski definition) is 1. The molecule has 0 unspecified atom stereocenters. The Balaban J connectivity index is 0.000000148. The second kappa shape index (κ2) is 10.7. The molecule has 0 atom stereocenters. The van der Waals surface area contributed by atoms with Crippen LogP contribution < -0.4 is 15.2 Å².